The molecule has 2 N–H and O–H groups in total. The number of aliphatic hydroxyl groups excluding tert-OH is 1. The molecule has 0 aromatic heterocycles. The van der Waals surface area contributed by atoms with Crippen molar-refractivity contribution in [1.29, 1.82) is 0 Å². The molecule has 2 rings (SSSR count). The smallest absolute Gasteiger partial charge is 0.227 e. The minimum Gasteiger partial charge on any atom is -0.391 e. The first-order valence-corrected chi connectivity index (χ1v) is 6.39. The molecule has 0 aromatic carbocycles. The number of rotatable bonds is 2. The van der Waals surface area contributed by atoms with E-state index in [0.29, 0.717) is 0 Å². The minimum absolute atomic E-state index is 0.0434. The summed E-state index contributed by atoms with van der Waals surface area (Å²) in [7, 11) is 0. The van der Waals surface area contributed by atoms with Gasteiger partial charge in [-0.25, -0.2) is 0 Å². The van der Waals surface area contributed by atoms with E-state index in [2.05, 4.69) is 5.32 Å². The number of aliphatic hydroxyl groups is 1. The quantitative estimate of drug-likeness (QED) is 0.715. The van der Waals surface area contributed by atoms with E-state index in [0.717, 1.165) is 45.3 Å². The van der Waals surface area contributed by atoms with Crippen LogP contribution in [0.4, 0.5) is 0 Å². The largest absolute Gasteiger partial charge is 0.391 e. The number of hydrogen-bond donors (Lipinski definition) is 2. The zero-order valence-electron chi connectivity index (χ0n) is 9.98. The number of amides is 1. The third-order valence-corrected chi connectivity index (χ3v) is 3.80. The van der Waals surface area contributed by atoms with Crippen LogP contribution in [0, 0.1) is 5.92 Å². The van der Waals surface area contributed by atoms with Crippen LogP contribution in [0.15, 0.2) is 0 Å². The molecular weight excluding hydrogens is 204 g/mol. The molecule has 16 heavy (non-hydrogen) atoms. The Morgan fingerprint density at radius 1 is 1.44 bits per heavy atom. The number of hydrogen-bond acceptors (Lipinski definition) is 3. The first-order chi connectivity index (χ1) is 7.70. The van der Waals surface area contributed by atoms with Crippen LogP contribution in [0.2, 0.25) is 0 Å². The highest BCUT2D eigenvalue weighted by Gasteiger charge is 2.34. The van der Waals surface area contributed by atoms with Gasteiger partial charge in [-0.05, 0) is 39.2 Å². The fourth-order valence-corrected chi connectivity index (χ4v) is 2.83. The molecule has 4 nitrogen and oxygen atoms in total. The highest BCUT2D eigenvalue weighted by molar-refractivity contribution is 5.80. The second kappa shape index (κ2) is 5.15. The van der Waals surface area contributed by atoms with Gasteiger partial charge >= 0.3 is 0 Å². The highest BCUT2D eigenvalue weighted by atomic mass is 16.3. The Bertz CT molecular complexity index is 249. The molecule has 0 aromatic rings. The molecule has 0 spiro atoms. The van der Waals surface area contributed by atoms with Crippen LogP contribution in [0.1, 0.15) is 32.6 Å². The van der Waals surface area contributed by atoms with Crippen molar-refractivity contribution >= 4 is 5.91 Å². The fraction of sp³-hybridized carbons (Fsp3) is 0.917. The van der Waals surface area contributed by atoms with Crippen molar-refractivity contribution in [2.45, 2.75) is 44.8 Å². The van der Waals surface area contributed by atoms with Gasteiger partial charge in [-0.3, -0.25) is 4.79 Å². The van der Waals surface area contributed by atoms with Gasteiger partial charge in [-0.2, -0.15) is 0 Å². The van der Waals surface area contributed by atoms with Gasteiger partial charge < -0.3 is 15.3 Å². The van der Waals surface area contributed by atoms with Crippen LogP contribution in [0.3, 0.4) is 0 Å². The molecule has 2 saturated heterocycles. The van der Waals surface area contributed by atoms with Gasteiger partial charge in [0.15, 0.2) is 0 Å². The molecule has 3 unspecified atom stereocenters. The first kappa shape index (κ1) is 11.9. The maximum absolute atomic E-state index is 12.3. The summed E-state index contributed by atoms with van der Waals surface area (Å²) in [6.07, 6.45) is 3.70. The lowest BCUT2D eigenvalue weighted by molar-refractivity contribution is -0.141. The van der Waals surface area contributed by atoms with Gasteiger partial charge in [0.2, 0.25) is 5.91 Å². The van der Waals surface area contributed by atoms with Gasteiger partial charge in [0.05, 0.1) is 18.1 Å². The van der Waals surface area contributed by atoms with Gasteiger partial charge in [-0.15, -0.1) is 0 Å². The van der Waals surface area contributed by atoms with E-state index in [-0.39, 0.29) is 17.9 Å². The molecule has 2 fully saturated rings. The molecule has 1 amide bonds. The van der Waals surface area contributed by atoms with Gasteiger partial charge in [0, 0.05) is 13.1 Å². The molecule has 92 valence electrons. The van der Waals surface area contributed by atoms with Crippen molar-refractivity contribution in [3.8, 4) is 0 Å². The molecule has 0 bridgehead atoms. The van der Waals surface area contributed by atoms with E-state index in [4.69, 9.17) is 0 Å². The van der Waals surface area contributed by atoms with Crippen molar-refractivity contribution in [1.82, 2.24) is 10.2 Å². The van der Waals surface area contributed by atoms with Crippen LogP contribution < -0.4 is 5.32 Å². The summed E-state index contributed by atoms with van der Waals surface area (Å²) in [6, 6.07) is 0.0434. The summed E-state index contributed by atoms with van der Waals surface area (Å²) in [6.45, 7) is 4.37. The van der Waals surface area contributed by atoms with Crippen molar-refractivity contribution < 1.29 is 9.90 Å². The number of nitrogens with zero attached hydrogens (tertiary/aromatic N) is 1. The van der Waals surface area contributed by atoms with Gasteiger partial charge in [0.1, 0.15) is 0 Å². The van der Waals surface area contributed by atoms with Crippen LogP contribution in [-0.2, 0) is 4.79 Å². The summed E-state index contributed by atoms with van der Waals surface area (Å²) < 4.78 is 0. The van der Waals surface area contributed by atoms with E-state index < -0.39 is 6.10 Å². The number of nitrogens with one attached hydrogen (secondary N) is 1. The van der Waals surface area contributed by atoms with Crippen LogP contribution in [0.25, 0.3) is 0 Å². The first-order valence-electron chi connectivity index (χ1n) is 6.39. The molecule has 2 aliphatic heterocycles. The predicted molar refractivity (Wildman–Crippen MR) is 62.0 cm³/mol. The third-order valence-electron chi connectivity index (χ3n) is 3.80. The van der Waals surface area contributed by atoms with Crippen molar-refractivity contribution in [3.63, 3.8) is 0 Å². The zero-order chi connectivity index (χ0) is 11.5. The molecular formula is C12H22N2O2. The van der Waals surface area contributed by atoms with E-state index in [1.807, 2.05) is 4.90 Å². The van der Waals surface area contributed by atoms with Gasteiger partial charge in [0.25, 0.3) is 0 Å². The third kappa shape index (κ3) is 2.38. The van der Waals surface area contributed by atoms with Crippen LogP contribution >= 0.6 is 0 Å². The van der Waals surface area contributed by atoms with E-state index in [1.165, 1.54) is 0 Å². The summed E-state index contributed by atoms with van der Waals surface area (Å²) in [5.41, 5.74) is 0. The van der Waals surface area contributed by atoms with E-state index in [1.54, 1.807) is 6.92 Å². The second-order valence-corrected chi connectivity index (χ2v) is 5.03. The standard InChI is InChI=1S/C12H22N2O2/c1-9(15)11-4-2-3-7-14(11)12(16)10-5-6-13-8-10/h9-11,13,15H,2-8H2,1H3. The van der Waals surface area contributed by atoms with Crippen molar-refractivity contribution in [2.75, 3.05) is 19.6 Å². The summed E-state index contributed by atoms with van der Waals surface area (Å²) in [4.78, 5) is 14.2. The second-order valence-electron chi connectivity index (χ2n) is 5.03. The normalized spacial score (nSPS) is 32.8. The maximum Gasteiger partial charge on any atom is 0.227 e. The fourth-order valence-electron chi connectivity index (χ4n) is 2.83. The monoisotopic (exact) mass is 226 g/mol. The SMILES string of the molecule is CC(O)C1CCCCN1C(=O)C1CCNC1. The average molecular weight is 226 g/mol. The van der Waals surface area contributed by atoms with Crippen molar-refractivity contribution in [3.05, 3.63) is 0 Å². The summed E-state index contributed by atoms with van der Waals surface area (Å²) in [5.74, 6) is 0.384. The van der Waals surface area contributed by atoms with Gasteiger partial charge in [-0.1, -0.05) is 0 Å². The number of carbonyl (C=O) groups excluding carboxylic acids is 1. The molecule has 2 heterocycles. The highest BCUT2D eigenvalue weighted by Crippen LogP contribution is 2.23. The lowest BCUT2D eigenvalue weighted by atomic mass is 9.95. The minimum atomic E-state index is -0.404. The number of piperidine rings is 1. The number of likely N-dealkylation sites (tertiary alicyclic amines) is 1. The summed E-state index contributed by atoms with van der Waals surface area (Å²) in [5, 5.41) is 13.0. The Hall–Kier alpha value is -0.610. The predicted octanol–water partition coefficient (Wildman–Crippen LogP) is 0.358. The lowest BCUT2D eigenvalue weighted by Crippen LogP contribution is -2.51. The molecule has 2 aliphatic rings. The number of carbonyl (C=O) groups is 1. The Balaban J connectivity index is 2.01. The zero-order valence-corrected chi connectivity index (χ0v) is 9.98. The molecule has 0 aliphatic carbocycles. The molecule has 0 saturated carbocycles. The maximum atomic E-state index is 12.3. The Morgan fingerprint density at radius 3 is 2.88 bits per heavy atom. The molecule has 0 radical (unpaired) electrons. The van der Waals surface area contributed by atoms with Crippen LogP contribution in [-0.4, -0.2) is 47.7 Å². The van der Waals surface area contributed by atoms with E-state index >= 15 is 0 Å². The summed E-state index contributed by atoms with van der Waals surface area (Å²) >= 11 is 0. The Kier molecular flexibility index (Phi) is 3.82. The molecule has 4 heteroatoms. The lowest BCUT2D eigenvalue weighted by Gasteiger charge is -2.38. The van der Waals surface area contributed by atoms with E-state index in [9.17, 15) is 9.90 Å². The molecule has 3 atom stereocenters. The average Bonchev–Trinajstić information content (AvgIpc) is 2.81. The topological polar surface area (TPSA) is 52.6 Å². The van der Waals surface area contributed by atoms with Crippen molar-refractivity contribution in [2.24, 2.45) is 5.92 Å². The van der Waals surface area contributed by atoms with Crippen LogP contribution in [0.5, 0.6) is 0 Å². The Morgan fingerprint density at radius 2 is 2.25 bits per heavy atom. The Labute approximate surface area is 97.0 Å².